The van der Waals surface area contributed by atoms with Crippen molar-refractivity contribution < 1.29 is 19.5 Å². The van der Waals surface area contributed by atoms with Crippen molar-refractivity contribution in [1.29, 1.82) is 0 Å². The maximum absolute atomic E-state index is 12.8. The average Bonchev–Trinajstić information content (AvgIpc) is 2.70. The maximum Gasteiger partial charge on any atom is 0.336 e. The third kappa shape index (κ3) is 5.02. The molecular formula is C23H26N2O4. The molecule has 6 nitrogen and oxygen atoms in total. The first kappa shape index (κ1) is 20.6. The van der Waals surface area contributed by atoms with Crippen molar-refractivity contribution in [3.63, 3.8) is 0 Å². The highest BCUT2D eigenvalue weighted by Gasteiger charge is 2.28. The molecule has 0 bridgehead atoms. The number of piperidine rings is 1. The Morgan fingerprint density at radius 2 is 1.83 bits per heavy atom. The van der Waals surface area contributed by atoms with Crippen molar-refractivity contribution in [2.24, 2.45) is 5.92 Å². The number of anilines is 1. The zero-order valence-corrected chi connectivity index (χ0v) is 16.8. The van der Waals surface area contributed by atoms with E-state index in [0.29, 0.717) is 37.2 Å². The number of carbonyl (C=O) groups is 3. The highest BCUT2D eigenvalue weighted by molar-refractivity contribution is 5.97. The second-order valence-corrected chi connectivity index (χ2v) is 7.62. The van der Waals surface area contributed by atoms with Crippen LogP contribution in [0, 0.1) is 19.8 Å². The van der Waals surface area contributed by atoms with Gasteiger partial charge in [-0.2, -0.15) is 0 Å². The van der Waals surface area contributed by atoms with E-state index in [1.807, 2.05) is 37.3 Å². The molecule has 152 valence electrons. The highest BCUT2D eigenvalue weighted by Crippen LogP contribution is 2.24. The largest absolute Gasteiger partial charge is 0.478 e. The second-order valence-electron chi connectivity index (χ2n) is 7.62. The molecule has 6 heteroatoms. The molecule has 1 unspecified atom stereocenters. The van der Waals surface area contributed by atoms with E-state index < -0.39 is 5.97 Å². The zero-order chi connectivity index (χ0) is 21.0. The number of amides is 2. The van der Waals surface area contributed by atoms with Crippen molar-refractivity contribution in [2.75, 3.05) is 18.4 Å². The maximum atomic E-state index is 12.8. The lowest BCUT2D eigenvalue weighted by Gasteiger charge is -2.32. The zero-order valence-electron chi connectivity index (χ0n) is 16.8. The van der Waals surface area contributed by atoms with E-state index in [4.69, 9.17) is 0 Å². The van der Waals surface area contributed by atoms with Gasteiger partial charge in [0, 0.05) is 18.8 Å². The van der Waals surface area contributed by atoms with Crippen LogP contribution in [0.15, 0.2) is 42.5 Å². The molecule has 2 N–H and O–H groups in total. The first-order valence-corrected chi connectivity index (χ1v) is 9.82. The summed E-state index contributed by atoms with van der Waals surface area (Å²) in [5.41, 5.74) is 3.11. The van der Waals surface area contributed by atoms with Crippen LogP contribution in [0.2, 0.25) is 0 Å². The number of aromatic carboxylic acids is 1. The molecule has 29 heavy (non-hydrogen) atoms. The molecule has 0 aliphatic carbocycles. The minimum absolute atomic E-state index is 0.0216. The fraction of sp³-hybridized carbons (Fsp3) is 0.348. The molecule has 1 atom stereocenters. The SMILES string of the molecule is Cc1cc(C)c(C(=O)O)cc1NC(=O)C1CCCN(C(=O)Cc2ccccc2)C1. The summed E-state index contributed by atoms with van der Waals surface area (Å²) < 4.78 is 0. The normalized spacial score (nSPS) is 16.3. The summed E-state index contributed by atoms with van der Waals surface area (Å²) in [4.78, 5) is 38.6. The van der Waals surface area contributed by atoms with Gasteiger partial charge >= 0.3 is 5.97 Å². The van der Waals surface area contributed by atoms with Crippen molar-refractivity contribution in [3.05, 3.63) is 64.7 Å². The topological polar surface area (TPSA) is 86.7 Å². The van der Waals surface area contributed by atoms with Gasteiger partial charge in [0.05, 0.1) is 17.9 Å². The number of carboxylic acids is 1. The van der Waals surface area contributed by atoms with Gasteiger partial charge in [-0.05, 0) is 49.4 Å². The number of carboxylic acid groups (broad SMARTS) is 1. The molecule has 0 radical (unpaired) electrons. The number of likely N-dealkylation sites (tertiary alicyclic amines) is 1. The summed E-state index contributed by atoms with van der Waals surface area (Å²) in [7, 11) is 0. The molecule has 0 saturated carbocycles. The first-order valence-electron chi connectivity index (χ1n) is 9.82. The monoisotopic (exact) mass is 394 g/mol. The molecule has 1 heterocycles. The number of nitrogens with zero attached hydrogens (tertiary/aromatic N) is 1. The Balaban J connectivity index is 1.66. The van der Waals surface area contributed by atoms with Crippen molar-refractivity contribution in [3.8, 4) is 0 Å². The van der Waals surface area contributed by atoms with Gasteiger partial charge in [0.15, 0.2) is 0 Å². The molecule has 0 spiro atoms. The van der Waals surface area contributed by atoms with E-state index in [1.54, 1.807) is 17.9 Å². The van der Waals surface area contributed by atoms with Crippen LogP contribution < -0.4 is 5.32 Å². The lowest BCUT2D eigenvalue weighted by molar-refractivity contribution is -0.133. The van der Waals surface area contributed by atoms with E-state index in [2.05, 4.69) is 5.32 Å². The van der Waals surface area contributed by atoms with Crippen LogP contribution in [0.25, 0.3) is 0 Å². The van der Waals surface area contributed by atoms with Crippen LogP contribution >= 0.6 is 0 Å². The Kier molecular flexibility index (Phi) is 6.32. The van der Waals surface area contributed by atoms with Crippen LogP contribution in [0.4, 0.5) is 5.69 Å². The molecule has 1 aliphatic heterocycles. The van der Waals surface area contributed by atoms with Gasteiger partial charge in [0.2, 0.25) is 11.8 Å². The van der Waals surface area contributed by atoms with Crippen LogP contribution in [0.1, 0.15) is 39.9 Å². The van der Waals surface area contributed by atoms with E-state index in [0.717, 1.165) is 17.5 Å². The minimum Gasteiger partial charge on any atom is -0.478 e. The molecule has 3 rings (SSSR count). The molecule has 2 amide bonds. The third-order valence-corrected chi connectivity index (χ3v) is 5.40. The van der Waals surface area contributed by atoms with E-state index in [1.165, 1.54) is 6.07 Å². The van der Waals surface area contributed by atoms with Crippen molar-refractivity contribution >= 4 is 23.5 Å². The Morgan fingerprint density at radius 3 is 2.52 bits per heavy atom. The van der Waals surface area contributed by atoms with Gasteiger partial charge in [-0.3, -0.25) is 9.59 Å². The smallest absolute Gasteiger partial charge is 0.336 e. The molecule has 1 fully saturated rings. The fourth-order valence-corrected chi connectivity index (χ4v) is 3.75. The van der Waals surface area contributed by atoms with Gasteiger partial charge in [0.25, 0.3) is 0 Å². The number of aryl methyl sites for hydroxylation is 2. The van der Waals surface area contributed by atoms with Crippen molar-refractivity contribution in [1.82, 2.24) is 4.90 Å². The quantitative estimate of drug-likeness (QED) is 0.814. The number of nitrogens with one attached hydrogen (secondary N) is 1. The summed E-state index contributed by atoms with van der Waals surface area (Å²) in [6, 6.07) is 12.8. The van der Waals surface area contributed by atoms with Crippen LogP contribution in [-0.4, -0.2) is 40.9 Å². The summed E-state index contributed by atoms with van der Waals surface area (Å²) >= 11 is 0. The number of carbonyl (C=O) groups excluding carboxylic acids is 2. The Bertz CT molecular complexity index is 924. The summed E-state index contributed by atoms with van der Waals surface area (Å²) in [6.07, 6.45) is 1.80. The van der Waals surface area contributed by atoms with E-state index >= 15 is 0 Å². The van der Waals surface area contributed by atoms with Gasteiger partial charge < -0.3 is 15.3 Å². The highest BCUT2D eigenvalue weighted by atomic mass is 16.4. The second kappa shape index (κ2) is 8.90. The first-order chi connectivity index (χ1) is 13.8. The van der Waals surface area contributed by atoms with Crippen LogP contribution in [-0.2, 0) is 16.0 Å². The average molecular weight is 394 g/mol. The summed E-state index contributed by atoms with van der Waals surface area (Å²) in [5.74, 6) is -1.48. The summed E-state index contributed by atoms with van der Waals surface area (Å²) in [6.45, 7) is 4.61. The van der Waals surface area contributed by atoms with Gasteiger partial charge in [-0.25, -0.2) is 4.79 Å². The number of rotatable bonds is 5. The van der Waals surface area contributed by atoms with E-state index in [9.17, 15) is 19.5 Å². The van der Waals surface area contributed by atoms with Gasteiger partial charge in [0.1, 0.15) is 0 Å². The molecule has 0 aromatic heterocycles. The summed E-state index contributed by atoms with van der Waals surface area (Å²) in [5, 5.41) is 12.2. The lowest BCUT2D eigenvalue weighted by atomic mass is 9.96. The van der Waals surface area contributed by atoms with Crippen LogP contribution in [0.5, 0.6) is 0 Å². The van der Waals surface area contributed by atoms with Gasteiger partial charge in [-0.1, -0.05) is 36.4 Å². The molecular weight excluding hydrogens is 368 g/mol. The predicted octanol–water partition coefficient (Wildman–Crippen LogP) is 3.42. The fourth-order valence-electron chi connectivity index (χ4n) is 3.75. The minimum atomic E-state index is -1.02. The third-order valence-electron chi connectivity index (χ3n) is 5.40. The predicted molar refractivity (Wildman–Crippen MR) is 111 cm³/mol. The Labute approximate surface area is 170 Å². The standard InChI is InChI=1S/C23H26N2O4/c1-15-11-16(2)20(13-19(15)23(28)29)24-22(27)18-9-6-10-25(14-18)21(26)12-17-7-4-3-5-8-17/h3-5,7-8,11,13,18H,6,9-10,12,14H2,1-2H3,(H,24,27)(H,28,29). The lowest BCUT2D eigenvalue weighted by Crippen LogP contribution is -2.44. The Morgan fingerprint density at radius 1 is 1.10 bits per heavy atom. The van der Waals surface area contributed by atoms with Crippen molar-refractivity contribution in [2.45, 2.75) is 33.1 Å². The number of hydrogen-bond acceptors (Lipinski definition) is 3. The molecule has 2 aromatic rings. The molecule has 1 aliphatic rings. The number of hydrogen-bond donors (Lipinski definition) is 2. The van der Waals surface area contributed by atoms with E-state index in [-0.39, 0.29) is 23.3 Å². The van der Waals surface area contributed by atoms with Gasteiger partial charge in [-0.15, -0.1) is 0 Å². The molecule has 2 aromatic carbocycles. The molecule has 1 saturated heterocycles. The Hall–Kier alpha value is -3.15. The number of benzene rings is 2. The van der Waals surface area contributed by atoms with Crippen LogP contribution in [0.3, 0.4) is 0 Å².